The van der Waals surface area contributed by atoms with Crippen molar-refractivity contribution >= 4 is 5.91 Å². The second-order valence-corrected chi connectivity index (χ2v) is 6.93. The highest BCUT2D eigenvalue weighted by Crippen LogP contribution is 2.31. The van der Waals surface area contributed by atoms with Crippen LogP contribution in [0.1, 0.15) is 37.9 Å². The van der Waals surface area contributed by atoms with Crippen molar-refractivity contribution in [3.05, 3.63) is 59.7 Å². The Labute approximate surface area is 149 Å². The van der Waals surface area contributed by atoms with Crippen molar-refractivity contribution in [3.8, 4) is 11.5 Å². The average molecular weight is 339 g/mol. The Kier molecular flexibility index (Phi) is 5.27. The lowest BCUT2D eigenvalue weighted by Crippen LogP contribution is -2.44. The summed E-state index contributed by atoms with van der Waals surface area (Å²) < 4.78 is 11.4. The molecule has 4 nitrogen and oxygen atoms in total. The van der Waals surface area contributed by atoms with Crippen LogP contribution in [0, 0.1) is 5.92 Å². The van der Waals surface area contributed by atoms with E-state index < -0.39 is 6.10 Å². The van der Waals surface area contributed by atoms with Crippen molar-refractivity contribution in [2.75, 3.05) is 6.61 Å². The molecule has 0 aromatic heterocycles. The van der Waals surface area contributed by atoms with Crippen LogP contribution in [0.2, 0.25) is 0 Å². The number of fused-ring (bicyclic) bond motifs is 1. The molecular weight excluding hydrogens is 314 g/mol. The highest BCUT2D eigenvalue weighted by molar-refractivity contribution is 5.82. The quantitative estimate of drug-likeness (QED) is 0.899. The number of ether oxygens (including phenoxy) is 2. The Morgan fingerprint density at radius 2 is 1.76 bits per heavy atom. The van der Waals surface area contributed by atoms with Crippen LogP contribution >= 0.6 is 0 Å². The van der Waals surface area contributed by atoms with E-state index in [4.69, 9.17) is 9.47 Å². The average Bonchev–Trinajstić information content (AvgIpc) is 2.61. The summed E-state index contributed by atoms with van der Waals surface area (Å²) in [5.41, 5.74) is 2.40. The van der Waals surface area contributed by atoms with Gasteiger partial charge in [-0.25, -0.2) is 0 Å². The summed E-state index contributed by atoms with van der Waals surface area (Å²) in [4.78, 5) is 12.5. The molecule has 0 saturated carbocycles. The molecule has 2 atom stereocenters. The Morgan fingerprint density at radius 1 is 1.08 bits per heavy atom. The highest BCUT2D eigenvalue weighted by atomic mass is 16.6. The summed E-state index contributed by atoms with van der Waals surface area (Å²) in [6, 6.07) is 15.7. The van der Waals surface area contributed by atoms with Crippen LogP contribution in [0.3, 0.4) is 0 Å². The van der Waals surface area contributed by atoms with Gasteiger partial charge in [-0.15, -0.1) is 0 Å². The first kappa shape index (κ1) is 17.3. The fourth-order valence-corrected chi connectivity index (χ4v) is 2.95. The number of carbonyl (C=O) groups is 1. The maximum Gasteiger partial charge on any atom is 0.265 e. The van der Waals surface area contributed by atoms with Gasteiger partial charge in [0.1, 0.15) is 6.61 Å². The lowest BCUT2D eigenvalue weighted by atomic mass is 10.00. The maximum atomic E-state index is 12.5. The number of benzene rings is 2. The van der Waals surface area contributed by atoms with Crippen LogP contribution in [0.15, 0.2) is 48.5 Å². The van der Waals surface area contributed by atoms with Gasteiger partial charge < -0.3 is 14.8 Å². The smallest absolute Gasteiger partial charge is 0.265 e. The van der Waals surface area contributed by atoms with E-state index >= 15 is 0 Å². The number of nitrogens with one attached hydrogen (secondary N) is 1. The summed E-state index contributed by atoms with van der Waals surface area (Å²) in [6.45, 7) is 6.62. The summed E-state index contributed by atoms with van der Waals surface area (Å²) in [5.74, 6) is 1.77. The molecule has 0 spiro atoms. The fourth-order valence-electron chi connectivity index (χ4n) is 2.95. The van der Waals surface area contributed by atoms with E-state index in [1.54, 1.807) is 0 Å². The van der Waals surface area contributed by atoms with Gasteiger partial charge in [-0.1, -0.05) is 50.2 Å². The molecule has 1 aliphatic heterocycles. The van der Waals surface area contributed by atoms with Gasteiger partial charge in [-0.2, -0.15) is 0 Å². The third-order valence-corrected chi connectivity index (χ3v) is 4.28. The predicted molar refractivity (Wildman–Crippen MR) is 97.9 cm³/mol. The Morgan fingerprint density at radius 3 is 2.44 bits per heavy atom. The molecule has 0 bridgehead atoms. The first-order chi connectivity index (χ1) is 12.0. The zero-order valence-corrected chi connectivity index (χ0v) is 15.0. The minimum Gasteiger partial charge on any atom is -0.485 e. The molecule has 2 aromatic rings. The van der Waals surface area contributed by atoms with E-state index in [1.165, 1.54) is 5.56 Å². The van der Waals surface area contributed by atoms with Gasteiger partial charge in [0.2, 0.25) is 6.10 Å². The van der Waals surface area contributed by atoms with E-state index in [1.807, 2.05) is 31.2 Å². The van der Waals surface area contributed by atoms with Crippen LogP contribution in [0.25, 0.3) is 0 Å². The van der Waals surface area contributed by atoms with E-state index in [0.29, 0.717) is 17.4 Å². The van der Waals surface area contributed by atoms with Gasteiger partial charge in [0.15, 0.2) is 11.5 Å². The second-order valence-electron chi connectivity index (χ2n) is 6.93. The Bertz CT molecular complexity index is 724. The molecule has 1 aliphatic rings. The molecule has 0 aliphatic carbocycles. The van der Waals surface area contributed by atoms with Gasteiger partial charge in [-0.05, 0) is 42.5 Å². The molecule has 0 radical (unpaired) electrons. The SMILES string of the molecule is CC(C)Cc1ccc([C@@H](C)NC(=O)[C@H]2COc3ccccc3O2)cc1. The predicted octanol–water partition coefficient (Wildman–Crippen LogP) is 3.90. The largest absolute Gasteiger partial charge is 0.485 e. The molecule has 1 N–H and O–H groups in total. The first-order valence-corrected chi connectivity index (χ1v) is 8.80. The molecule has 1 heterocycles. The summed E-state index contributed by atoms with van der Waals surface area (Å²) in [7, 11) is 0. The van der Waals surface area contributed by atoms with E-state index in [0.717, 1.165) is 12.0 Å². The highest BCUT2D eigenvalue weighted by Gasteiger charge is 2.28. The zero-order valence-electron chi connectivity index (χ0n) is 15.0. The minimum absolute atomic E-state index is 0.0821. The van der Waals surface area contributed by atoms with Crippen molar-refractivity contribution in [2.24, 2.45) is 5.92 Å². The monoisotopic (exact) mass is 339 g/mol. The maximum absolute atomic E-state index is 12.5. The van der Waals surface area contributed by atoms with E-state index in [-0.39, 0.29) is 18.6 Å². The number of hydrogen-bond donors (Lipinski definition) is 1. The minimum atomic E-state index is -0.627. The lowest BCUT2D eigenvalue weighted by molar-refractivity contribution is -0.131. The first-order valence-electron chi connectivity index (χ1n) is 8.80. The fraction of sp³-hybridized carbons (Fsp3) is 0.381. The molecule has 0 saturated heterocycles. The molecule has 0 unspecified atom stereocenters. The topological polar surface area (TPSA) is 47.6 Å². The summed E-state index contributed by atoms with van der Waals surface area (Å²) >= 11 is 0. The second kappa shape index (κ2) is 7.60. The van der Waals surface area contributed by atoms with Crippen molar-refractivity contribution in [1.82, 2.24) is 5.32 Å². The van der Waals surface area contributed by atoms with Crippen LogP contribution in [-0.2, 0) is 11.2 Å². The van der Waals surface area contributed by atoms with Crippen molar-refractivity contribution in [1.29, 1.82) is 0 Å². The van der Waals surface area contributed by atoms with E-state index in [2.05, 4.69) is 43.4 Å². The summed E-state index contributed by atoms with van der Waals surface area (Å²) in [5, 5.41) is 3.01. The molecular formula is C21H25NO3. The number of amides is 1. The molecule has 0 fully saturated rings. The van der Waals surface area contributed by atoms with Crippen LogP contribution in [-0.4, -0.2) is 18.6 Å². The lowest BCUT2D eigenvalue weighted by Gasteiger charge is -2.26. The number of para-hydroxylation sites is 2. The third kappa shape index (κ3) is 4.32. The van der Waals surface area contributed by atoms with Gasteiger partial charge >= 0.3 is 0 Å². The Balaban J connectivity index is 1.59. The summed E-state index contributed by atoms with van der Waals surface area (Å²) in [6.07, 6.45) is 0.436. The molecule has 132 valence electrons. The molecule has 4 heteroatoms. The molecule has 2 aromatic carbocycles. The zero-order chi connectivity index (χ0) is 17.8. The van der Waals surface area contributed by atoms with Crippen molar-refractivity contribution in [2.45, 2.75) is 39.3 Å². The van der Waals surface area contributed by atoms with Crippen molar-refractivity contribution < 1.29 is 14.3 Å². The number of rotatable bonds is 5. The van der Waals surface area contributed by atoms with Gasteiger partial charge in [0.25, 0.3) is 5.91 Å². The molecule has 3 rings (SSSR count). The number of carbonyl (C=O) groups excluding carboxylic acids is 1. The Hall–Kier alpha value is -2.49. The van der Waals surface area contributed by atoms with Crippen LogP contribution in [0.4, 0.5) is 0 Å². The molecule has 1 amide bonds. The van der Waals surface area contributed by atoms with Crippen molar-refractivity contribution in [3.63, 3.8) is 0 Å². The van der Waals surface area contributed by atoms with E-state index in [9.17, 15) is 4.79 Å². The van der Waals surface area contributed by atoms with Gasteiger partial charge in [-0.3, -0.25) is 4.79 Å². The van der Waals surface area contributed by atoms with Crippen LogP contribution in [0.5, 0.6) is 11.5 Å². The standard InChI is InChI=1S/C21H25NO3/c1-14(2)12-16-8-10-17(11-9-16)15(3)22-21(23)20-13-24-18-6-4-5-7-19(18)25-20/h4-11,14-15,20H,12-13H2,1-3H3,(H,22,23)/t15-,20-/m1/s1. The molecule has 25 heavy (non-hydrogen) atoms. The van der Waals surface area contributed by atoms with Gasteiger partial charge in [0, 0.05) is 0 Å². The van der Waals surface area contributed by atoms with Gasteiger partial charge in [0.05, 0.1) is 6.04 Å². The third-order valence-electron chi connectivity index (χ3n) is 4.28. The normalized spacial score (nSPS) is 17.2. The van der Waals surface area contributed by atoms with Crippen LogP contribution < -0.4 is 14.8 Å². The number of hydrogen-bond acceptors (Lipinski definition) is 3.